The van der Waals surface area contributed by atoms with E-state index in [9.17, 15) is 13.6 Å². The van der Waals surface area contributed by atoms with E-state index >= 15 is 0 Å². The molecule has 9 heavy (non-hydrogen) atoms. The first-order valence-corrected chi connectivity index (χ1v) is 2.29. The monoisotopic (exact) mass is 157 g/mol. The van der Waals surface area contributed by atoms with Crippen molar-refractivity contribution in [2.45, 2.75) is 12.3 Å². The fraction of sp³-hybridized carbons (Fsp3) is 0.750. The second kappa shape index (κ2) is 2.47. The number of carbonyl (C=O) groups is 1. The highest BCUT2D eigenvalue weighted by atomic mass is 35.5. The minimum absolute atomic E-state index is 0. The van der Waals surface area contributed by atoms with Crippen LogP contribution < -0.4 is 5.32 Å². The second-order valence-electron chi connectivity index (χ2n) is 1.71. The lowest BCUT2D eigenvalue weighted by Gasteiger charge is -2.00. The first-order chi connectivity index (χ1) is 3.63. The summed E-state index contributed by atoms with van der Waals surface area (Å²) in [5, 5.41) is 2.02. The first kappa shape index (κ1) is 8.62. The number of carbonyl (C=O) groups excluding carboxylic acids is 1. The van der Waals surface area contributed by atoms with Crippen LogP contribution in [0.3, 0.4) is 0 Å². The molecule has 0 atom stereocenters. The summed E-state index contributed by atoms with van der Waals surface area (Å²) in [5.74, 6) is -4.24. The number of hydrogen-bond acceptors (Lipinski definition) is 1. The number of rotatable bonds is 0. The Hall–Kier alpha value is -0.380. The van der Waals surface area contributed by atoms with E-state index < -0.39 is 11.8 Å². The fourth-order valence-electron chi connectivity index (χ4n) is 0.576. The van der Waals surface area contributed by atoms with Crippen LogP contribution in [0.4, 0.5) is 8.78 Å². The summed E-state index contributed by atoms with van der Waals surface area (Å²) >= 11 is 0. The van der Waals surface area contributed by atoms with Crippen molar-refractivity contribution in [3.8, 4) is 0 Å². The quantitative estimate of drug-likeness (QED) is 0.547. The minimum atomic E-state index is -3.10. The third-order valence-corrected chi connectivity index (χ3v) is 1.06. The molecular weight excluding hydrogens is 151 g/mol. The van der Waals surface area contributed by atoms with E-state index in [0.29, 0.717) is 0 Å². The Bertz CT molecular complexity index is 128. The van der Waals surface area contributed by atoms with Crippen LogP contribution in [0, 0.1) is 0 Å². The van der Waals surface area contributed by atoms with Crippen molar-refractivity contribution in [1.29, 1.82) is 0 Å². The van der Waals surface area contributed by atoms with Gasteiger partial charge in [0.1, 0.15) is 0 Å². The molecule has 0 aromatic heterocycles. The first-order valence-electron chi connectivity index (χ1n) is 2.29. The van der Waals surface area contributed by atoms with E-state index in [1.807, 2.05) is 5.32 Å². The van der Waals surface area contributed by atoms with Crippen molar-refractivity contribution in [2.24, 2.45) is 0 Å². The molecule has 0 unspecified atom stereocenters. The van der Waals surface area contributed by atoms with Gasteiger partial charge in [-0.1, -0.05) is 0 Å². The molecule has 1 aliphatic heterocycles. The molecule has 0 radical (unpaired) electrons. The van der Waals surface area contributed by atoms with Gasteiger partial charge < -0.3 is 5.32 Å². The summed E-state index contributed by atoms with van der Waals surface area (Å²) < 4.78 is 23.9. The van der Waals surface area contributed by atoms with E-state index in [1.54, 1.807) is 0 Å². The molecule has 1 fully saturated rings. The summed E-state index contributed by atoms with van der Waals surface area (Å²) in [6.45, 7) is 0.103. The Morgan fingerprint density at radius 3 is 2.22 bits per heavy atom. The number of amides is 1. The van der Waals surface area contributed by atoms with Gasteiger partial charge in [0.2, 0.25) is 0 Å². The Morgan fingerprint density at radius 1 is 1.56 bits per heavy atom. The maximum atomic E-state index is 11.9. The van der Waals surface area contributed by atoms with E-state index in [-0.39, 0.29) is 25.4 Å². The zero-order chi connectivity index (χ0) is 6.20. The highest BCUT2D eigenvalue weighted by molar-refractivity contribution is 5.85. The smallest absolute Gasteiger partial charge is 0.326 e. The highest BCUT2D eigenvalue weighted by Crippen LogP contribution is 2.21. The molecule has 1 rings (SSSR count). The van der Waals surface area contributed by atoms with Crippen LogP contribution in [-0.4, -0.2) is 18.4 Å². The van der Waals surface area contributed by atoms with Crippen LogP contribution in [0.25, 0.3) is 0 Å². The van der Waals surface area contributed by atoms with Crippen LogP contribution in [0.2, 0.25) is 0 Å². The Kier molecular flexibility index (Phi) is 2.37. The van der Waals surface area contributed by atoms with Gasteiger partial charge in [0.25, 0.3) is 5.91 Å². The highest BCUT2D eigenvalue weighted by Gasteiger charge is 2.42. The third-order valence-electron chi connectivity index (χ3n) is 1.06. The van der Waals surface area contributed by atoms with Crippen molar-refractivity contribution in [1.82, 2.24) is 5.32 Å². The fourth-order valence-corrected chi connectivity index (χ4v) is 0.576. The SMILES string of the molecule is Cl.O=C1NCCC1(F)F. The lowest BCUT2D eigenvalue weighted by molar-refractivity contribution is -0.139. The number of alkyl halides is 2. The molecular formula is C4H6ClF2NO. The van der Waals surface area contributed by atoms with Crippen LogP contribution in [-0.2, 0) is 4.79 Å². The largest absolute Gasteiger partial charge is 0.351 e. The van der Waals surface area contributed by atoms with Gasteiger partial charge in [-0.3, -0.25) is 4.79 Å². The van der Waals surface area contributed by atoms with Gasteiger partial charge in [0.15, 0.2) is 0 Å². The third kappa shape index (κ3) is 1.51. The van der Waals surface area contributed by atoms with Crippen molar-refractivity contribution in [3.05, 3.63) is 0 Å². The summed E-state index contributed by atoms with van der Waals surface area (Å²) in [6.07, 6.45) is -0.355. The van der Waals surface area contributed by atoms with Gasteiger partial charge in [-0.2, -0.15) is 8.78 Å². The summed E-state index contributed by atoms with van der Waals surface area (Å²) in [7, 11) is 0. The predicted molar refractivity (Wildman–Crippen MR) is 29.8 cm³/mol. The van der Waals surface area contributed by atoms with E-state index in [4.69, 9.17) is 0 Å². The molecule has 1 heterocycles. The maximum Gasteiger partial charge on any atom is 0.326 e. The molecule has 0 aromatic rings. The van der Waals surface area contributed by atoms with E-state index in [0.717, 1.165) is 0 Å². The van der Waals surface area contributed by atoms with Gasteiger partial charge in [0.05, 0.1) is 0 Å². The summed E-state index contributed by atoms with van der Waals surface area (Å²) in [5.41, 5.74) is 0. The van der Waals surface area contributed by atoms with Crippen LogP contribution >= 0.6 is 12.4 Å². The zero-order valence-electron chi connectivity index (χ0n) is 4.49. The average molecular weight is 158 g/mol. The molecule has 0 spiro atoms. The molecule has 1 N–H and O–H groups in total. The van der Waals surface area contributed by atoms with Crippen molar-refractivity contribution in [3.63, 3.8) is 0 Å². The van der Waals surface area contributed by atoms with Gasteiger partial charge in [0, 0.05) is 13.0 Å². The number of hydrogen-bond donors (Lipinski definition) is 1. The molecule has 0 bridgehead atoms. The molecule has 54 valence electrons. The standard InChI is InChI=1S/C4H5F2NO.ClH/c5-4(6)1-2-7-3(4)8;/h1-2H2,(H,7,8);1H. The molecule has 2 nitrogen and oxygen atoms in total. The lowest BCUT2D eigenvalue weighted by Crippen LogP contribution is -2.28. The second-order valence-corrected chi connectivity index (χ2v) is 1.71. The molecule has 0 aromatic carbocycles. The lowest BCUT2D eigenvalue weighted by atomic mass is 10.3. The summed E-state index contributed by atoms with van der Waals surface area (Å²) in [6, 6.07) is 0. The Labute approximate surface area is 57.0 Å². The number of nitrogens with one attached hydrogen (secondary N) is 1. The van der Waals surface area contributed by atoms with Gasteiger partial charge in [-0.25, -0.2) is 0 Å². The van der Waals surface area contributed by atoms with E-state index in [2.05, 4.69) is 0 Å². The molecule has 0 aliphatic carbocycles. The topological polar surface area (TPSA) is 29.1 Å². The maximum absolute atomic E-state index is 11.9. The molecule has 0 saturated carbocycles. The Balaban J connectivity index is 0.000000640. The van der Waals surface area contributed by atoms with Crippen LogP contribution in [0.15, 0.2) is 0 Å². The molecule has 1 saturated heterocycles. The number of halogens is 3. The van der Waals surface area contributed by atoms with Crippen molar-refractivity contribution >= 4 is 18.3 Å². The zero-order valence-corrected chi connectivity index (χ0v) is 5.30. The molecule has 1 aliphatic rings. The van der Waals surface area contributed by atoms with Gasteiger partial charge in [-0.05, 0) is 0 Å². The van der Waals surface area contributed by atoms with Gasteiger partial charge in [-0.15, -0.1) is 12.4 Å². The van der Waals surface area contributed by atoms with Crippen LogP contribution in [0.5, 0.6) is 0 Å². The van der Waals surface area contributed by atoms with E-state index in [1.165, 1.54) is 0 Å². The minimum Gasteiger partial charge on any atom is -0.351 e. The van der Waals surface area contributed by atoms with Crippen molar-refractivity contribution in [2.75, 3.05) is 6.54 Å². The van der Waals surface area contributed by atoms with Crippen molar-refractivity contribution < 1.29 is 13.6 Å². The normalized spacial score (nSPS) is 22.7. The van der Waals surface area contributed by atoms with Crippen LogP contribution in [0.1, 0.15) is 6.42 Å². The average Bonchev–Trinajstić information content (AvgIpc) is 1.86. The Morgan fingerprint density at radius 2 is 2.11 bits per heavy atom. The molecule has 1 amide bonds. The van der Waals surface area contributed by atoms with Gasteiger partial charge >= 0.3 is 5.92 Å². The predicted octanol–water partition coefficient (Wildman–Crippen LogP) is 0.563. The molecule has 5 heteroatoms. The summed E-state index contributed by atoms with van der Waals surface area (Å²) in [4.78, 5) is 10.0.